The quantitative estimate of drug-likeness (QED) is 0.588. The van der Waals surface area contributed by atoms with Crippen LogP contribution in [0.15, 0.2) is 0 Å². The summed E-state index contributed by atoms with van der Waals surface area (Å²) in [6.45, 7) is 3.43. The summed E-state index contributed by atoms with van der Waals surface area (Å²) in [6, 6.07) is 0. The van der Waals surface area contributed by atoms with Gasteiger partial charge in [0, 0.05) is 35.8 Å². The van der Waals surface area contributed by atoms with Crippen molar-refractivity contribution >= 4 is 16.7 Å². The Morgan fingerprint density at radius 2 is 2.12 bits per heavy atom. The van der Waals surface area contributed by atoms with Gasteiger partial charge in [-0.15, -0.1) is 0 Å². The summed E-state index contributed by atoms with van der Waals surface area (Å²) >= 11 is 0. The molecule has 0 radical (unpaired) electrons. The molecular formula is C11H24N2O2S. The van der Waals surface area contributed by atoms with Gasteiger partial charge in [0.25, 0.3) is 0 Å². The van der Waals surface area contributed by atoms with E-state index >= 15 is 0 Å². The summed E-state index contributed by atoms with van der Waals surface area (Å²) in [6.07, 6.45) is 4.89. The molecule has 4 nitrogen and oxygen atoms in total. The fraction of sp³-hybridized carbons (Fsp3) is 0.909. The third-order valence-corrected chi connectivity index (χ3v) is 3.32. The maximum absolute atomic E-state index is 11.4. The average molecular weight is 248 g/mol. The first kappa shape index (κ1) is 15.6. The van der Waals surface area contributed by atoms with Gasteiger partial charge in [-0.3, -0.25) is 9.00 Å². The van der Waals surface area contributed by atoms with Gasteiger partial charge in [0.2, 0.25) is 5.91 Å². The van der Waals surface area contributed by atoms with Crippen LogP contribution in [0.25, 0.3) is 0 Å². The molecule has 2 unspecified atom stereocenters. The summed E-state index contributed by atoms with van der Waals surface area (Å²) < 4.78 is 10.8. The Bertz CT molecular complexity index is 222. The van der Waals surface area contributed by atoms with Crippen LogP contribution in [0, 0.1) is 5.92 Å². The maximum Gasteiger partial charge on any atom is 0.220 e. The van der Waals surface area contributed by atoms with Crippen LogP contribution in [-0.4, -0.2) is 35.2 Å². The average Bonchev–Trinajstić information content (AvgIpc) is 2.22. The van der Waals surface area contributed by atoms with Crippen molar-refractivity contribution in [3.05, 3.63) is 0 Å². The van der Waals surface area contributed by atoms with Gasteiger partial charge in [-0.25, -0.2) is 0 Å². The van der Waals surface area contributed by atoms with E-state index in [1.54, 1.807) is 6.26 Å². The molecule has 0 aromatic carbocycles. The molecule has 1 amide bonds. The first-order valence-electron chi connectivity index (χ1n) is 5.83. The lowest BCUT2D eigenvalue weighted by Gasteiger charge is -2.09. The standard InChI is InChI=1S/C11H24N2O2S/c1-10(6-7-12)4-5-11(14)13-8-3-9-16(2)15/h10H,3-9,12H2,1-2H3,(H,13,14). The Labute approximate surface area is 101 Å². The van der Waals surface area contributed by atoms with E-state index in [4.69, 9.17) is 5.73 Å². The van der Waals surface area contributed by atoms with Gasteiger partial charge in [0.05, 0.1) is 0 Å². The zero-order chi connectivity index (χ0) is 12.4. The molecule has 0 aliphatic rings. The first-order valence-corrected chi connectivity index (χ1v) is 7.55. The number of amides is 1. The van der Waals surface area contributed by atoms with Crippen LogP contribution in [0.5, 0.6) is 0 Å². The predicted octanol–water partition coefficient (Wildman–Crippen LogP) is 0.636. The fourth-order valence-electron chi connectivity index (χ4n) is 1.40. The molecule has 0 fully saturated rings. The van der Waals surface area contributed by atoms with Gasteiger partial charge in [-0.1, -0.05) is 6.92 Å². The minimum atomic E-state index is -0.759. The molecule has 0 spiro atoms. The van der Waals surface area contributed by atoms with E-state index in [9.17, 15) is 9.00 Å². The number of rotatable bonds is 9. The van der Waals surface area contributed by atoms with Crippen molar-refractivity contribution in [1.29, 1.82) is 0 Å². The molecule has 0 aliphatic carbocycles. The number of hydrogen-bond donors (Lipinski definition) is 2. The van der Waals surface area contributed by atoms with Crippen LogP contribution in [0.3, 0.4) is 0 Å². The molecule has 0 saturated carbocycles. The summed E-state index contributed by atoms with van der Waals surface area (Å²) in [4.78, 5) is 11.4. The lowest BCUT2D eigenvalue weighted by atomic mass is 10.0. The minimum Gasteiger partial charge on any atom is -0.356 e. The number of nitrogens with one attached hydrogen (secondary N) is 1. The Balaban J connectivity index is 3.41. The van der Waals surface area contributed by atoms with E-state index in [2.05, 4.69) is 12.2 Å². The zero-order valence-electron chi connectivity index (χ0n) is 10.3. The van der Waals surface area contributed by atoms with Gasteiger partial charge >= 0.3 is 0 Å². The highest BCUT2D eigenvalue weighted by Crippen LogP contribution is 2.08. The van der Waals surface area contributed by atoms with Gasteiger partial charge in [0.15, 0.2) is 0 Å². The van der Waals surface area contributed by atoms with Crippen LogP contribution in [0.4, 0.5) is 0 Å². The summed E-state index contributed by atoms with van der Waals surface area (Å²) in [5, 5.41) is 2.83. The normalized spacial score (nSPS) is 14.4. The number of carbonyl (C=O) groups excluding carboxylic acids is 1. The topological polar surface area (TPSA) is 72.2 Å². The third kappa shape index (κ3) is 10.1. The van der Waals surface area contributed by atoms with Crippen LogP contribution >= 0.6 is 0 Å². The highest BCUT2D eigenvalue weighted by molar-refractivity contribution is 7.84. The molecule has 0 aromatic heterocycles. The van der Waals surface area contributed by atoms with Crippen LogP contribution < -0.4 is 11.1 Å². The first-order chi connectivity index (χ1) is 7.56. The molecule has 2 atom stereocenters. The van der Waals surface area contributed by atoms with Crippen LogP contribution in [0.2, 0.25) is 0 Å². The molecule has 0 aliphatic heterocycles. The van der Waals surface area contributed by atoms with Crippen molar-refractivity contribution in [1.82, 2.24) is 5.32 Å². The minimum absolute atomic E-state index is 0.0887. The third-order valence-electron chi connectivity index (χ3n) is 2.45. The lowest BCUT2D eigenvalue weighted by Crippen LogP contribution is -2.25. The van der Waals surface area contributed by atoms with Gasteiger partial charge in [-0.05, 0) is 31.7 Å². The van der Waals surface area contributed by atoms with Gasteiger partial charge in [-0.2, -0.15) is 0 Å². The second kappa shape index (κ2) is 9.78. The van der Waals surface area contributed by atoms with Crippen molar-refractivity contribution in [2.45, 2.75) is 32.6 Å². The van der Waals surface area contributed by atoms with E-state index in [1.807, 2.05) is 0 Å². The smallest absolute Gasteiger partial charge is 0.220 e. The lowest BCUT2D eigenvalue weighted by molar-refractivity contribution is -0.121. The van der Waals surface area contributed by atoms with Crippen molar-refractivity contribution in [3.63, 3.8) is 0 Å². The molecule has 3 N–H and O–H groups in total. The largest absolute Gasteiger partial charge is 0.356 e. The van der Waals surface area contributed by atoms with Crippen LogP contribution in [-0.2, 0) is 15.6 Å². The highest BCUT2D eigenvalue weighted by atomic mass is 32.2. The SMILES string of the molecule is CC(CCN)CCC(=O)NCCCS(C)=O. The molecule has 0 saturated heterocycles. The monoisotopic (exact) mass is 248 g/mol. The van der Waals surface area contributed by atoms with Crippen molar-refractivity contribution in [2.75, 3.05) is 25.1 Å². The van der Waals surface area contributed by atoms with Gasteiger partial charge < -0.3 is 11.1 Å². The summed E-state index contributed by atoms with van der Waals surface area (Å²) in [5.41, 5.74) is 5.43. The molecule has 0 heterocycles. The summed E-state index contributed by atoms with van der Waals surface area (Å²) in [5.74, 6) is 1.26. The maximum atomic E-state index is 11.4. The Kier molecular flexibility index (Phi) is 9.52. The van der Waals surface area contributed by atoms with Gasteiger partial charge in [0.1, 0.15) is 0 Å². The van der Waals surface area contributed by atoms with E-state index in [1.165, 1.54) is 0 Å². The second-order valence-corrected chi connectivity index (χ2v) is 5.76. The highest BCUT2D eigenvalue weighted by Gasteiger charge is 2.05. The predicted molar refractivity (Wildman–Crippen MR) is 68.6 cm³/mol. The fourth-order valence-corrected chi connectivity index (χ4v) is 1.95. The van der Waals surface area contributed by atoms with E-state index in [0.717, 1.165) is 19.3 Å². The number of hydrogen-bond acceptors (Lipinski definition) is 3. The number of nitrogens with two attached hydrogens (primary N) is 1. The van der Waals surface area contributed by atoms with E-state index < -0.39 is 10.8 Å². The number of carbonyl (C=O) groups is 1. The van der Waals surface area contributed by atoms with Crippen molar-refractivity contribution < 1.29 is 9.00 Å². The molecule has 0 rings (SSSR count). The van der Waals surface area contributed by atoms with Crippen molar-refractivity contribution in [2.24, 2.45) is 11.7 Å². The Morgan fingerprint density at radius 3 is 2.69 bits per heavy atom. The zero-order valence-corrected chi connectivity index (χ0v) is 11.1. The molecule has 0 aromatic rings. The Hall–Kier alpha value is -0.420. The Morgan fingerprint density at radius 1 is 1.44 bits per heavy atom. The molecular weight excluding hydrogens is 224 g/mol. The molecule has 16 heavy (non-hydrogen) atoms. The van der Waals surface area contributed by atoms with E-state index in [0.29, 0.717) is 31.2 Å². The van der Waals surface area contributed by atoms with E-state index in [-0.39, 0.29) is 5.91 Å². The molecule has 5 heteroatoms. The molecule has 0 bridgehead atoms. The second-order valence-electron chi connectivity index (χ2n) is 4.20. The van der Waals surface area contributed by atoms with Crippen LogP contribution in [0.1, 0.15) is 32.6 Å². The molecule has 96 valence electrons. The van der Waals surface area contributed by atoms with Crippen molar-refractivity contribution in [3.8, 4) is 0 Å². The summed E-state index contributed by atoms with van der Waals surface area (Å²) in [7, 11) is -0.759.